The Morgan fingerprint density at radius 2 is 2.04 bits per heavy atom. The van der Waals surface area contributed by atoms with Crippen molar-refractivity contribution in [2.75, 3.05) is 13.1 Å². The molecule has 0 amide bonds. The number of benzene rings is 1. The molecule has 1 aliphatic rings. The highest BCUT2D eigenvalue weighted by atomic mass is 127. The summed E-state index contributed by atoms with van der Waals surface area (Å²) in [6, 6.07) is 10.1. The third kappa shape index (κ3) is 5.10. The molecule has 6 heteroatoms. The Bertz CT molecular complexity index is 675. The van der Waals surface area contributed by atoms with E-state index in [-0.39, 0.29) is 30.0 Å². The lowest BCUT2D eigenvalue weighted by atomic mass is 10.0. The van der Waals surface area contributed by atoms with Gasteiger partial charge in [-0.05, 0) is 38.8 Å². The Morgan fingerprint density at radius 1 is 1.32 bits per heavy atom. The first-order chi connectivity index (χ1) is 11.6. The standard InChI is InChI=1S/C19H27N3O2.HI/c1-3-20-18(21-13-19(23)10-6-7-11-19)22-14(2)17-12-15-8-4-5-9-16(15)24-17;/h4-5,8-9,12,14,23H,3,6-7,10-11,13H2,1-2H3,(H2,20,21,22);1H. The van der Waals surface area contributed by atoms with Crippen LogP contribution in [0.1, 0.15) is 51.3 Å². The van der Waals surface area contributed by atoms with E-state index in [0.29, 0.717) is 12.5 Å². The molecule has 5 nitrogen and oxygen atoms in total. The molecule has 1 atom stereocenters. The summed E-state index contributed by atoms with van der Waals surface area (Å²) in [5.41, 5.74) is 0.258. The summed E-state index contributed by atoms with van der Waals surface area (Å²) in [6.07, 6.45) is 3.86. The molecule has 1 aromatic carbocycles. The van der Waals surface area contributed by atoms with E-state index in [2.05, 4.69) is 28.6 Å². The van der Waals surface area contributed by atoms with Crippen molar-refractivity contribution in [3.63, 3.8) is 0 Å². The molecule has 0 bridgehead atoms. The van der Waals surface area contributed by atoms with E-state index in [4.69, 9.17) is 4.42 Å². The number of guanidine groups is 1. The quantitative estimate of drug-likeness (QED) is 0.361. The maximum absolute atomic E-state index is 10.5. The number of aliphatic hydroxyl groups is 1. The maximum atomic E-state index is 10.5. The molecule has 3 rings (SSSR count). The maximum Gasteiger partial charge on any atom is 0.191 e. The smallest absolute Gasteiger partial charge is 0.191 e. The number of fused-ring (bicyclic) bond motifs is 1. The molecule has 0 spiro atoms. The molecule has 25 heavy (non-hydrogen) atoms. The average molecular weight is 457 g/mol. The molecule has 0 aliphatic heterocycles. The predicted molar refractivity (Wildman–Crippen MR) is 113 cm³/mol. The fourth-order valence-corrected chi connectivity index (χ4v) is 3.23. The fraction of sp³-hybridized carbons (Fsp3) is 0.526. The summed E-state index contributed by atoms with van der Waals surface area (Å²) in [5, 5.41) is 18.2. The topological polar surface area (TPSA) is 69.8 Å². The van der Waals surface area contributed by atoms with Crippen LogP contribution in [0.2, 0.25) is 0 Å². The summed E-state index contributed by atoms with van der Waals surface area (Å²) in [5.74, 6) is 1.59. The second kappa shape index (κ2) is 8.89. The minimum Gasteiger partial charge on any atom is -0.459 e. The van der Waals surface area contributed by atoms with Gasteiger partial charge in [0, 0.05) is 11.9 Å². The first-order valence-corrected chi connectivity index (χ1v) is 8.85. The molecule has 1 heterocycles. The largest absolute Gasteiger partial charge is 0.459 e. The third-order valence-corrected chi connectivity index (χ3v) is 4.63. The van der Waals surface area contributed by atoms with E-state index in [1.807, 2.05) is 31.2 Å². The molecule has 3 N–H and O–H groups in total. The first-order valence-electron chi connectivity index (χ1n) is 8.85. The Balaban J connectivity index is 0.00000225. The molecule has 1 saturated carbocycles. The van der Waals surface area contributed by atoms with E-state index in [9.17, 15) is 5.11 Å². The van der Waals surface area contributed by atoms with Crippen molar-refractivity contribution in [3.05, 3.63) is 36.1 Å². The minimum absolute atomic E-state index is 0. The van der Waals surface area contributed by atoms with E-state index in [1.165, 1.54) is 0 Å². The van der Waals surface area contributed by atoms with Crippen molar-refractivity contribution in [2.24, 2.45) is 4.99 Å². The lowest BCUT2D eigenvalue weighted by Gasteiger charge is -2.21. The summed E-state index contributed by atoms with van der Waals surface area (Å²) in [6.45, 7) is 5.30. The highest BCUT2D eigenvalue weighted by Crippen LogP contribution is 2.29. The van der Waals surface area contributed by atoms with Gasteiger partial charge in [-0.25, -0.2) is 0 Å². The molecule has 2 aromatic rings. The van der Waals surface area contributed by atoms with Gasteiger partial charge in [-0.3, -0.25) is 4.99 Å². The second-order valence-corrected chi connectivity index (χ2v) is 6.68. The van der Waals surface area contributed by atoms with Gasteiger partial charge in [0.05, 0.1) is 18.2 Å². The van der Waals surface area contributed by atoms with Crippen LogP contribution in [0, 0.1) is 0 Å². The van der Waals surface area contributed by atoms with Gasteiger partial charge >= 0.3 is 0 Å². The zero-order valence-corrected chi connectivity index (χ0v) is 17.2. The number of furan rings is 1. The minimum atomic E-state index is -0.634. The number of aliphatic imine (C=N–C) groups is 1. The van der Waals surface area contributed by atoms with Crippen molar-refractivity contribution < 1.29 is 9.52 Å². The van der Waals surface area contributed by atoms with Crippen LogP contribution in [0.4, 0.5) is 0 Å². The molecule has 1 fully saturated rings. The molecule has 0 saturated heterocycles. The Kier molecular flexibility index (Phi) is 7.13. The zero-order valence-electron chi connectivity index (χ0n) is 14.9. The Labute approximate surface area is 166 Å². The molecular weight excluding hydrogens is 429 g/mol. The summed E-state index contributed by atoms with van der Waals surface area (Å²) < 4.78 is 5.91. The van der Waals surface area contributed by atoms with Crippen LogP contribution in [0.5, 0.6) is 0 Å². The Morgan fingerprint density at radius 3 is 2.72 bits per heavy atom. The van der Waals surface area contributed by atoms with Crippen LogP contribution in [0.15, 0.2) is 39.7 Å². The van der Waals surface area contributed by atoms with Crippen molar-refractivity contribution in [3.8, 4) is 0 Å². The highest BCUT2D eigenvalue weighted by Gasteiger charge is 2.30. The molecule has 0 radical (unpaired) electrons. The number of nitrogens with one attached hydrogen (secondary N) is 2. The van der Waals surface area contributed by atoms with Crippen LogP contribution >= 0.6 is 24.0 Å². The highest BCUT2D eigenvalue weighted by molar-refractivity contribution is 14.0. The van der Waals surface area contributed by atoms with Gasteiger partial charge in [0.1, 0.15) is 11.3 Å². The van der Waals surface area contributed by atoms with Crippen LogP contribution in [-0.2, 0) is 0 Å². The van der Waals surface area contributed by atoms with Gasteiger partial charge < -0.3 is 20.2 Å². The van der Waals surface area contributed by atoms with Crippen molar-refractivity contribution in [1.82, 2.24) is 10.6 Å². The van der Waals surface area contributed by atoms with E-state index < -0.39 is 5.60 Å². The van der Waals surface area contributed by atoms with Gasteiger partial charge in [0.15, 0.2) is 5.96 Å². The van der Waals surface area contributed by atoms with E-state index in [0.717, 1.165) is 49.0 Å². The summed E-state index contributed by atoms with van der Waals surface area (Å²) >= 11 is 0. The number of halogens is 1. The normalized spacial score (nSPS) is 18.0. The zero-order chi connectivity index (χ0) is 17.0. The summed E-state index contributed by atoms with van der Waals surface area (Å²) in [4.78, 5) is 4.59. The van der Waals surface area contributed by atoms with E-state index in [1.54, 1.807) is 0 Å². The molecule has 1 aromatic heterocycles. The number of hydrogen-bond acceptors (Lipinski definition) is 3. The number of nitrogens with zero attached hydrogens (tertiary/aromatic N) is 1. The molecule has 1 unspecified atom stereocenters. The second-order valence-electron chi connectivity index (χ2n) is 6.68. The van der Waals surface area contributed by atoms with Crippen LogP contribution in [-0.4, -0.2) is 29.8 Å². The van der Waals surface area contributed by atoms with Crippen LogP contribution in [0.3, 0.4) is 0 Å². The van der Waals surface area contributed by atoms with Gasteiger partial charge in [-0.1, -0.05) is 31.0 Å². The number of rotatable bonds is 5. The van der Waals surface area contributed by atoms with Gasteiger partial charge in [-0.2, -0.15) is 0 Å². The van der Waals surface area contributed by atoms with Crippen molar-refractivity contribution >= 4 is 40.9 Å². The fourth-order valence-electron chi connectivity index (χ4n) is 3.23. The lowest BCUT2D eigenvalue weighted by Crippen LogP contribution is -2.40. The number of hydrogen-bond donors (Lipinski definition) is 3. The van der Waals surface area contributed by atoms with Crippen LogP contribution < -0.4 is 10.6 Å². The molecule has 138 valence electrons. The van der Waals surface area contributed by atoms with E-state index >= 15 is 0 Å². The number of para-hydroxylation sites is 1. The predicted octanol–water partition coefficient (Wildman–Crippen LogP) is 3.97. The first kappa shape index (κ1) is 20.0. The summed E-state index contributed by atoms with van der Waals surface area (Å²) in [7, 11) is 0. The monoisotopic (exact) mass is 457 g/mol. The lowest BCUT2D eigenvalue weighted by molar-refractivity contribution is 0.0574. The third-order valence-electron chi connectivity index (χ3n) is 4.63. The Hall–Kier alpha value is -1.28. The van der Waals surface area contributed by atoms with Crippen molar-refractivity contribution in [2.45, 2.75) is 51.2 Å². The molecular formula is C19H28IN3O2. The van der Waals surface area contributed by atoms with Crippen LogP contribution in [0.25, 0.3) is 11.0 Å². The molecule has 1 aliphatic carbocycles. The van der Waals surface area contributed by atoms with Gasteiger partial charge in [0.25, 0.3) is 0 Å². The average Bonchev–Trinajstić information content (AvgIpc) is 3.19. The van der Waals surface area contributed by atoms with Gasteiger partial charge in [-0.15, -0.1) is 24.0 Å². The van der Waals surface area contributed by atoms with Gasteiger partial charge in [0.2, 0.25) is 0 Å². The SMILES string of the molecule is CCNC(=NCC1(O)CCCC1)NC(C)c1cc2ccccc2o1.I. The van der Waals surface area contributed by atoms with Crippen molar-refractivity contribution in [1.29, 1.82) is 0 Å².